The van der Waals surface area contributed by atoms with Crippen LogP contribution < -0.4 is 4.74 Å². The Morgan fingerprint density at radius 1 is 1.21 bits per heavy atom. The summed E-state index contributed by atoms with van der Waals surface area (Å²) in [5.74, 6) is 0.179. The van der Waals surface area contributed by atoms with E-state index in [0.717, 1.165) is 5.56 Å². The third-order valence-electron chi connectivity index (χ3n) is 4.29. The third kappa shape index (κ3) is 3.05. The number of aromatic hydroxyl groups is 1. The van der Waals surface area contributed by atoms with Crippen molar-refractivity contribution in [3.8, 4) is 11.5 Å². The Hall–Kier alpha value is -2.59. The van der Waals surface area contributed by atoms with Crippen LogP contribution in [0.2, 0.25) is 0 Å². The molecule has 1 unspecified atom stereocenters. The summed E-state index contributed by atoms with van der Waals surface area (Å²) in [6.07, 6.45) is 2.73. The lowest BCUT2D eigenvalue weighted by molar-refractivity contribution is -0.0420. The Kier molecular flexibility index (Phi) is 4.16. The lowest BCUT2D eigenvalue weighted by atomic mass is 9.88. The molecule has 1 heterocycles. The molecule has 24 heavy (non-hydrogen) atoms. The van der Waals surface area contributed by atoms with Gasteiger partial charge in [-0.25, -0.2) is 0 Å². The fourth-order valence-corrected chi connectivity index (χ4v) is 2.72. The Labute approximate surface area is 141 Å². The summed E-state index contributed by atoms with van der Waals surface area (Å²) in [4.78, 5) is 12.6. The van der Waals surface area contributed by atoms with Crippen LogP contribution in [-0.2, 0) is 6.42 Å². The van der Waals surface area contributed by atoms with Crippen LogP contribution in [0, 0.1) is 0 Å². The summed E-state index contributed by atoms with van der Waals surface area (Å²) in [7, 11) is 0. The van der Waals surface area contributed by atoms with Crippen molar-refractivity contribution in [3.05, 3.63) is 65.2 Å². The monoisotopic (exact) mass is 324 g/mol. The second-order valence-corrected chi connectivity index (χ2v) is 6.47. The molecule has 0 radical (unpaired) electrons. The summed E-state index contributed by atoms with van der Waals surface area (Å²) in [6.45, 7) is 3.53. The molecule has 1 aliphatic rings. The maximum atomic E-state index is 12.6. The summed E-state index contributed by atoms with van der Waals surface area (Å²) in [6, 6.07) is 12.6. The highest BCUT2D eigenvalue weighted by Gasteiger charge is 2.38. The zero-order chi connectivity index (χ0) is 17.3. The van der Waals surface area contributed by atoms with Gasteiger partial charge in [0, 0.05) is 12.0 Å². The maximum Gasteiger partial charge on any atom is 0.189 e. The molecule has 0 fully saturated rings. The molecule has 0 spiro atoms. The van der Waals surface area contributed by atoms with Gasteiger partial charge in [0.2, 0.25) is 0 Å². The van der Waals surface area contributed by atoms with E-state index in [9.17, 15) is 15.0 Å². The molecule has 4 nitrogen and oxygen atoms in total. The van der Waals surface area contributed by atoms with Gasteiger partial charge in [0.05, 0.1) is 11.7 Å². The number of carbonyl (C=O) groups is 1. The molecule has 3 rings (SSSR count). The number of phenolic OH excluding ortho intramolecular Hbond substituents is 1. The molecular formula is C20H20O4. The highest BCUT2D eigenvalue weighted by atomic mass is 16.5. The minimum absolute atomic E-state index is 0.0307. The van der Waals surface area contributed by atoms with E-state index in [1.54, 1.807) is 26.0 Å². The zero-order valence-corrected chi connectivity index (χ0v) is 13.7. The van der Waals surface area contributed by atoms with Gasteiger partial charge >= 0.3 is 0 Å². The molecule has 1 aliphatic heterocycles. The molecule has 2 aromatic rings. The zero-order valence-electron chi connectivity index (χ0n) is 13.7. The predicted octanol–water partition coefficient (Wildman–Crippen LogP) is 3.36. The number of hydrogen-bond acceptors (Lipinski definition) is 4. The topological polar surface area (TPSA) is 66.8 Å². The quantitative estimate of drug-likeness (QED) is 0.671. The molecule has 0 aromatic heterocycles. The second-order valence-electron chi connectivity index (χ2n) is 6.47. The molecule has 0 saturated carbocycles. The number of rotatable bonds is 3. The van der Waals surface area contributed by atoms with Gasteiger partial charge in [-0.05, 0) is 37.6 Å². The first kappa shape index (κ1) is 16.3. The number of ether oxygens (including phenoxy) is 1. The minimum Gasteiger partial charge on any atom is -0.508 e. The van der Waals surface area contributed by atoms with Crippen LogP contribution >= 0.6 is 0 Å². The summed E-state index contributed by atoms with van der Waals surface area (Å²) in [5, 5.41) is 20.2. The minimum atomic E-state index is -0.820. The first-order valence-corrected chi connectivity index (χ1v) is 7.88. The van der Waals surface area contributed by atoms with Crippen molar-refractivity contribution in [1.82, 2.24) is 0 Å². The van der Waals surface area contributed by atoms with E-state index in [1.807, 2.05) is 30.3 Å². The van der Waals surface area contributed by atoms with E-state index in [-0.39, 0.29) is 18.0 Å². The number of aliphatic hydroxyl groups excluding tert-OH is 1. The lowest BCUT2D eigenvalue weighted by Gasteiger charge is -2.37. The number of fused-ring (bicyclic) bond motifs is 1. The Bertz CT molecular complexity index is 791. The molecular weight excluding hydrogens is 304 g/mol. The van der Waals surface area contributed by atoms with E-state index in [1.165, 1.54) is 12.1 Å². The molecule has 0 bridgehead atoms. The van der Waals surface area contributed by atoms with E-state index >= 15 is 0 Å². The number of aliphatic hydroxyl groups is 1. The normalized spacial score (nSPS) is 18.9. The van der Waals surface area contributed by atoms with Crippen molar-refractivity contribution in [2.45, 2.75) is 32.0 Å². The van der Waals surface area contributed by atoms with Crippen LogP contribution in [0.15, 0.2) is 48.5 Å². The maximum absolute atomic E-state index is 12.6. The Balaban J connectivity index is 1.96. The highest BCUT2D eigenvalue weighted by molar-refractivity contribution is 6.09. The van der Waals surface area contributed by atoms with E-state index in [2.05, 4.69) is 0 Å². The summed E-state index contributed by atoms with van der Waals surface area (Å²) < 4.78 is 5.85. The summed E-state index contributed by atoms with van der Waals surface area (Å²) >= 11 is 0. The molecule has 0 amide bonds. The molecule has 2 N–H and O–H groups in total. The van der Waals surface area contributed by atoms with Gasteiger partial charge in [0.25, 0.3) is 0 Å². The Morgan fingerprint density at radius 2 is 1.92 bits per heavy atom. The second kappa shape index (κ2) is 6.13. The SMILES string of the molecule is CC1(C)Oc2c(C(=O)/C=C/c3ccccc3)ccc(O)c2CC1O. The van der Waals surface area contributed by atoms with Gasteiger partial charge in [-0.2, -0.15) is 0 Å². The van der Waals surface area contributed by atoms with Crippen LogP contribution in [0.4, 0.5) is 0 Å². The summed E-state index contributed by atoms with van der Waals surface area (Å²) in [5.41, 5.74) is 0.963. The highest BCUT2D eigenvalue weighted by Crippen LogP contribution is 2.40. The van der Waals surface area contributed by atoms with Gasteiger partial charge in [-0.1, -0.05) is 36.4 Å². The number of benzene rings is 2. The van der Waals surface area contributed by atoms with Crippen molar-refractivity contribution >= 4 is 11.9 Å². The average Bonchev–Trinajstić information content (AvgIpc) is 2.55. The predicted molar refractivity (Wildman–Crippen MR) is 92.3 cm³/mol. The largest absolute Gasteiger partial charge is 0.508 e. The van der Waals surface area contributed by atoms with E-state index < -0.39 is 11.7 Å². The van der Waals surface area contributed by atoms with Crippen LogP contribution in [0.1, 0.15) is 35.3 Å². The van der Waals surface area contributed by atoms with Crippen LogP contribution in [0.5, 0.6) is 11.5 Å². The first-order valence-electron chi connectivity index (χ1n) is 7.88. The standard InChI is InChI=1S/C20H20O4/c1-20(2)18(23)12-15-17(22)11-9-14(19(15)24-20)16(21)10-8-13-6-4-3-5-7-13/h3-11,18,22-23H,12H2,1-2H3/b10-8+. The Morgan fingerprint density at radius 3 is 2.62 bits per heavy atom. The van der Waals surface area contributed by atoms with Crippen LogP contribution in [0.3, 0.4) is 0 Å². The molecule has 1 atom stereocenters. The van der Waals surface area contributed by atoms with Crippen molar-refractivity contribution < 1.29 is 19.7 Å². The van der Waals surface area contributed by atoms with Gasteiger partial charge in [0.15, 0.2) is 5.78 Å². The van der Waals surface area contributed by atoms with Crippen molar-refractivity contribution in [2.24, 2.45) is 0 Å². The first-order chi connectivity index (χ1) is 11.4. The van der Waals surface area contributed by atoms with Crippen molar-refractivity contribution in [1.29, 1.82) is 0 Å². The number of allylic oxidation sites excluding steroid dienone is 1. The smallest absolute Gasteiger partial charge is 0.189 e. The molecule has 0 saturated heterocycles. The molecule has 2 aromatic carbocycles. The molecule has 4 heteroatoms. The fraction of sp³-hybridized carbons (Fsp3) is 0.250. The number of ketones is 1. The van der Waals surface area contributed by atoms with Gasteiger partial charge < -0.3 is 14.9 Å². The van der Waals surface area contributed by atoms with Crippen LogP contribution in [0.25, 0.3) is 6.08 Å². The van der Waals surface area contributed by atoms with Gasteiger partial charge in [-0.15, -0.1) is 0 Å². The lowest BCUT2D eigenvalue weighted by Crippen LogP contribution is -2.46. The van der Waals surface area contributed by atoms with E-state index in [4.69, 9.17) is 4.74 Å². The fourth-order valence-electron chi connectivity index (χ4n) is 2.72. The van der Waals surface area contributed by atoms with Gasteiger partial charge in [-0.3, -0.25) is 4.79 Å². The number of carbonyl (C=O) groups excluding carboxylic acids is 1. The molecule has 124 valence electrons. The van der Waals surface area contributed by atoms with Crippen LogP contribution in [-0.4, -0.2) is 27.7 Å². The van der Waals surface area contributed by atoms with Gasteiger partial charge in [0.1, 0.15) is 17.1 Å². The number of phenols is 1. The van der Waals surface area contributed by atoms with Crippen molar-refractivity contribution in [2.75, 3.05) is 0 Å². The molecule has 0 aliphatic carbocycles. The van der Waals surface area contributed by atoms with E-state index in [0.29, 0.717) is 16.9 Å². The third-order valence-corrected chi connectivity index (χ3v) is 4.29. The van der Waals surface area contributed by atoms with Crippen molar-refractivity contribution in [3.63, 3.8) is 0 Å². The average molecular weight is 324 g/mol. The number of hydrogen-bond donors (Lipinski definition) is 2.